The van der Waals surface area contributed by atoms with E-state index in [-0.39, 0.29) is 37.1 Å². The number of halogens is 3. The Morgan fingerprint density at radius 3 is 2.44 bits per heavy atom. The SMILES string of the molecule is N#Cc1ccc(N2CCN(C(=O)C3CCC3)C(C(N)=O)C2)cc1C(F)(F)F. The number of amides is 2. The van der Waals surface area contributed by atoms with Crippen LogP contribution in [0.5, 0.6) is 0 Å². The van der Waals surface area contributed by atoms with Gasteiger partial charge in [0, 0.05) is 31.2 Å². The van der Waals surface area contributed by atoms with Crippen molar-refractivity contribution < 1.29 is 22.8 Å². The molecule has 1 heterocycles. The Morgan fingerprint density at radius 2 is 1.93 bits per heavy atom. The van der Waals surface area contributed by atoms with Crippen molar-refractivity contribution in [1.29, 1.82) is 5.26 Å². The molecule has 9 heteroatoms. The van der Waals surface area contributed by atoms with E-state index in [9.17, 15) is 22.8 Å². The van der Waals surface area contributed by atoms with Gasteiger partial charge in [0.2, 0.25) is 11.8 Å². The summed E-state index contributed by atoms with van der Waals surface area (Å²) in [5, 5.41) is 8.91. The van der Waals surface area contributed by atoms with Crippen molar-refractivity contribution in [2.75, 3.05) is 24.5 Å². The molecule has 27 heavy (non-hydrogen) atoms. The average Bonchev–Trinajstić information content (AvgIpc) is 2.58. The first kappa shape index (κ1) is 19.0. The maximum Gasteiger partial charge on any atom is 0.417 e. The summed E-state index contributed by atoms with van der Waals surface area (Å²) in [5.41, 5.74) is 4.21. The van der Waals surface area contributed by atoms with Gasteiger partial charge in [-0.3, -0.25) is 9.59 Å². The highest BCUT2D eigenvalue weighted by molar-refractivity contribution is 5.89. The van der Waals surface area contributed by atoms with Gasteiger partial charge in [-0.2, -0.15) is 18.4 Å². The third-order valence-corrected chi connectivity index (χ3v) is 5.24. The minimum Gasteiger partial charge on any atom is -0.368 e. The number of nitrogens with two attached hydrogens (primary N) is 1. The van der Waals surface area contributed by atoms with Gasteiger partial charge in [-0.05, 0) is 31.0 Å². The van der Waals surface area contributed by atoms with Crippen LogP contribution in [0, 0.1) is 17.2 Å². The highest BCUT2D eigenvalue weighted by Gasteiger charge is 2.39. The molecule has 6 nitrogen and oxygen atoms in total. The lowest BCUT2D eigenvalue weighted by atomic mass is 9.84. The van der Waals surface area contributed by atoms with Gasteiger partial charge < -0.3 is 15.5 Å². The smallest absolute Gasteiger partial charge is 0.368 e. The minimum atomic E-state index is -4.66. The zero-order chi connectivity index (χ0) is 19.8. The lowest BCUT2D eigenvalue weighted by Crippen LogP contribution is -2.61. The van der Waals surface area contributed by atoms with E-state index in [0.29, 0.717) is 0 Å². The van der Waals surface area contributed by atoms with Crippen LogP contribution >= 0.6 is 0 Å². The number of alkyl halides is 3. The first-order valence-electron chi connectivity index (χ1n) is 8.68. The molecule has 2 fully saturated rings. The molecule has 0 bridgehead atoms. The fourth-order valence-corrected chi connectivity index (χ4v) is 3.48. The molecule has 0 spiro atoms. The number of carbonyl (C=O) groups excluding carboxylic acids is 2. The van der Waals surface area contributed by atoms with Crippen molar-refractivity contribution in [1.82, 2.24) is 4.90 Å². The fourth-order valence-electron chi connectivity index (χ4n) is 3.48. The van der Waals surface area contributed by atoms with E-state index in [1.54, 1.807) is 11.0 Å². The molecule has 0 radical (unpaired) electrons. The van der Waals surface area contributed by atoms with E-state index in [1.807, 2.05) is 0 Å². The standard InChI is InChI=1S/C18H19F3N4O2/c19-18(20,21)14-8-13(5-4-12(14)9-22)24-6-7-25(15(10-24)16(23)26)17(27)11-2-1-3-11/h4-5,8,11,15H,1-3,6-7,10H2,(H2,23,26). The molecule has 144 valence electrons. The Bertz CT molecular complexity index is 799. The summed E-state index contributed by atoms with van der Waals surface area (Å²) >= 11 is 0. The molecule has 1 aromatic rings. The van der Waals surface area contributed by atoms with Gasteiger partial charge >= 0.3 is 6.18 Å². The largest absolute Gasteiger partial charge is 0.417 e. The third-order valence-electron chi connectivity index (χ3n) is 5.24. The van der Waals surface area contributed by atoms with Crippen LogP contribution in [-0.4, -0.2) is 42.4 Å². The maximum atomic E-state index is 13.2. The Balaban J connectivity index is 1.84. The number of hydrogen-bond donors (Lipinski definition) is 1. The topological polar surface area (TPSA) is 90.4 Å². The van der Waals surface area contributed by atoms with Gasteiger partial charge in [0.1, 0.15) is 6.04 Å². The summed E-state index contributed by atoms with van der Waals surface area (Å²) < 4.78 is 39.6. The number of benzene rings is 1. The summed E-state index contributed by atoms with van der Waals surface area (Å²) in [4.78, 5) is 27.5. The monoisotopic (exact) mass is 380 g/mol. The first-order valence-corrected chi connectivity index (χ1v) is 8.68. The van der Waals surface area contributed by atoms with Gasteiger partial charge in [0.15, 0.2) is 0 Å². The van der Waals surface area contributed by atoms with Crippen LogP contribution in [0.3, 0.4) is 0 Å². The summed E-state index contributed by atoms with van der Waals surface area (Å²) in [6.45, 7) is 0.521. The molecule has 1 unspecified atom stereocenters. The maximum absolute atomic E-state index is 13.2. The van der Waals surface area contributed by atoms with E-state index in [0.717, 1.165) is 31.4 Å². The average molecular weight is 380 g/mol. The van der Waals surface area contributed by atoms with E-state index in [4.69, 9.17) is 11.0 Å². The zero-order valence-corrected chi connectivity index (χ0v) is 14.5. The Kier molecular flexibility index (Phi) is 5.00. The van der Waals surface area contributed by atoms with Crippen LogP contribution in [0.1, 0.15) is 30.4 Å². The number of anilines is 1. The normalized spacial score (nSPS) is 20.7. The molecular weight excluding hydrogens is 361 g/mol. The van der Waals surface area contributed by atoms with Gasteiger partial charge in [-0.25, -0.2) is 0 Å². The van der Waals surface area contributed by atoms with Gasteiger partial charge in [0.05, 0.1) is 17.2 Å². The Hall–Kier alpha value is -2.76. The van der Waals surface area contributed by atoms with Gasteiger partial charge in [0.25, 0.3) is 0 Å². The molecule has 1 aromatic carbocycles. The molecule has 1 atom stereocenters. The van der Waals surface area contributed by atoms with Crippen molar-refractivity contribution >= 4 is 17.5 Å². The van der Waals surface area contributed by atoms with Crippen LogP contribution in [0.2, 0.25) is 0 Å². The van der Waals surface area contributed by atoms with Crippen molar-refractivity contribution in [2.45, 2.75) is 31.5 Å². The Morgan fingerprint density at radius 1 is 1.22 bits per heavy atom. The molecule has 3 rings (SSSR count). The molecule has 0 aromatic heterocycles. The third kappa shape index (κ3) is 3.70. The van der Waals surface area contributed by atoms with Crippen molar-refractivity contribution in [2.24, 2.45) is 11.7 Å². The molecule has 1 saturated heterocycles. The van der Waals surface area contributed by atoms with Crippen LogP contribution in [-0.2, 0) is 15.8 Å². The number of nitrogens with zero attached hydrogens (tertiary/aromatic N) is 3. The molecule has 2 amide bonds. The molecule has 1 aliphatic heterocycles. The van der Waals surface area contributed by atoms with E-state index in [2.05, 4.69) is 0 Å². The molecule has 1 saturated carbocycles. The number of hydrogen-bond acceptors (Lipinski definition) is 4. The summed E-state index contributed by atoms with van der Waals surface area (Å²) in [5.74, 6) is -0.886. The van der Waals surface area contributed by atoms with E-state index >= 15 is 0 Å². The second-order valence-corrected chi connectivity index (χ2v) is 6.86. The van der Waals surface area contributed by atoms with E-state index in [1.165, 1.54) is 11.0 Å². The second kappa shape index (κ2) is 7.10. The van der Waals surface area contributed by atoms with Crippen LogP contribution in [0.4, 0.5) is 18.9 Å². The first-order chi connectivity index (χ1) is 12.7. The summed E-state index contributed by atoms with van der Waals surface area (Å²) in [6, 6.07) is 4.08. The summed E-state index contributed by atoms with van der Waals surface area (Å²) in [6.07, 6.45) is -2.11. The highest BCUT2D eigenvalue weighted by atomic mass is 19.4. The van der Waals surface area contributed by atoms with Crippen molar-refractivity contribution in [3.8, 4) is 6.07 Å². The lowest BCUT2D eigenvalue weighted by molar-refractivity contribution is -0.145. The number of rotatable bonds is 3. The predicted octanol–water partition coefficient (Wildman–Crippen LogP) is 1.88. The predicted molar refractivity (Wildman–Crippen MR) is 90.4 cm³/mol. The quantitative estimate of drug-likeness (QED) is 0.867. The van der Waals surface area contributed by atoms with Gasteiger partial charge in [-0.15, -0.1) is 0 Å². The molecule has 1 aliphatic carbocycles. The van der Waals surface area contributed by atoms with Crippen LogP contribution in [0.15, 0.2) is 18.2 Å². The number of nitriles is 1. The van der Waals surface area contributed by atoms with E-state index < -0.39 is 29.3 Å². The molecule has 2 N–H and O–H groups in total. The zero-order valence-electron chi connectivity index (χ0n) is 14.5. The highest BCUT2D eigenvalue weighted by Crippen LogP contribution is 2.35. The second-order valence-electron chi connectivity index (χ2n) is 6.86. The van der Waals surface area contributed by atoms with Crippen LogP contribution in [0.25, 0.3) is 0 Å². The number of primary amides is 1. The number of piperazine rings is 1. The van der Waals surface area contributed by atoms with Crippen molar-refractivity contribution in [3.05, 3.63) is 29.3 Å². The molecule has 2 aliphatic rings. The van der Waals surface area contributed by atoms with Crippen molar-refractivity contribution in [3.63, 3.8) is 0 Å². The Labute approximate surface area is 154 Å². The fraction of sp³-hybridized carbons (Fsp3) is 0.500. The molecular formula is C18H19F3N4O2. The van der Waals surface area contributed by atoms with Gasteiger partial charge in [-0.1, -0.05) is 6.42 Å². The summed E-state index contributed by atoms with van der Waals surface area (Å²) in [7, 11) is 0. The number of carbonyl (C=O) groups is 2. The lowest BCUT2D eigenvalue weighted by Gasteiger charge is -2.43. The minimum absolute atomic E-state index is 0.0248. The van der Waals surface area contributed by atoms with Crippen LogP contribution < -0.4 is 10.6 Å².